The van der Waals surface area contributed by atoms with Crippen molar-refractivity contribution in [1.82, 2.24) is 4.98 Å². The van der Waals surface area contributed by atoms with Crippen LogP contribution in [-0.4, -0.2) is 23.2 Å². The van der Waals surface area contributed by atoms with Crippen molar-refractivity contribution in [2.24, 2.45) is 0 Å². The van der Waals surface area contributed by atoms with E-state index in [9.17, 15) is 4.79 Å². The zero-order chi connectivity index (χ0) is 15.2. The first-order valence-corrected chi connectivity index (χ1v) is 7.40. The summed E-state index contributed by atoms with van der Waals surface area (Å²) >= 11 is 1.39. The summed E-state index contributed by atoms with van der Waals surface area (Å²) in [5.41, 5.74) is 0.839. The lowest BCUT2D eigenvalue weighted by atomic mass is 10.2. The maximum absolute atomic E-state index is 10.8. The van der Waals surface area contributed by atoms with Crippen LogP contribution in [0.4, 0.5) is 0 Å². The van der Waals surface area contributed by atoms with Gasteiger partial charge >= 0.3 is 5.97 Å². The Hall–Kier alpha value is -2.08. The molecule has 6 heteroatoms. The van der Waals surface area contributed by atoms with Gasteiger partial charge in [0.1, 0.15) is 23.1 Å². The molecule has 1 heterocycles. The Kier molecular flexibility index (Phi) is 5.16. The van der Waals surface area contributed by atoms with Gasteiger partial charge in [0, 0.05) is 10.9 Å². The van der Waals surface area contributed by atoms with Crippen molar-refractivity contribution in [3.63, 3.8) is 0 Å². The number of hydrogen-bond donors (Lipinski definition) is 1. The normalized spacial score (nSPS) is 10.4. The second kappa shape index (κ2) is 7.08. The number of ether oxygens (including phenoxy) is 2. The lowest BCUT2D eigenvalue weighted by Crippen LogP contribution is -2.00. The number of rotatable bonds is 7. The first kappa shape index (κ1) is 15.3. The summed E-state index contributed by atoms with van der Waals surface area (Å²) in [6.45, 7) is 2.29. The van der Waals surface area contributed by atoms with Crippen molar-refractivity contribution in [3.05, 3.63) is 39.8 Å². The van der Waals surface area contributed by atoms with Crippen molar-refractivity contribution in [2.45, 2.75) is 26.4 Å². The van der Waals surface area contributed by atoms with Gasteiger partial charge < -0.3 is 14.6 Å². The zero-order valence-corrected chi connectivity index (χ0v) is 12.8. The molecule has 2 aromatic rings. The number of carboxylic acid groups (broad SMARTS) is 1. The average Bonchev–Trinajstić information content (AvgIpc) is 2.86. The molecule has 1 aromatic heterocycles. The molecule has 0 unspecified atom stereocenters. The highest BCUT2D eigenvalue weighted by molar-refractivity contribution is 7.11. The molecule has 21 heavy (non-hydrogen) atoms. The number of benzene rings is 1. The Labute approximate surface area is 127 Å². The van der Waals surface area contributed by atoms with Crippen LogP contribution in [0.15, 0.2) is 24.3 Å². The molecular formula is C15H17NO4S. The third-order valence-electron chi connectivity index (χ3n) is 2.87. The molecule has 0 bridgehead atoms. The molecule has 0 aliphatic carbocycles. The molecule has 112 valence electrons. The minimum atomic E-state index is -0.839. The van der Waals surface area contributed by atoms with Gasteiger partial charge in [-0.1, -0.05) is 13.0 Å². The van der Waals surface area contributed by atoms with E-state index in [0.29, 0.717) is 12.4 Å². The maximum atomic E-state index is 10.8. The third-order valence-corrected chi connectivity index (χ3v) is 3.94. The van der Waals surface area contributed by atoms with Crippen LogP contribution in [0.5, 0.6) is 11.5 Å². The minimum Gasteiger partial charge on any atom is -0.497 e. The standard InChI is InChI=1S/C15H17NO4S/c1-3-12-13(8-15(17)18)21-14(16-12)9-20-11-6-4-5-10(7-11)19-2/h4-7H,3,8-9H2,1-2H3,(H,17,18). The molecule has 0 saturated heterocycles. The molecule has 0 atom stereocenters. The van der Waals surface area contributed by atoms with E-state index in [1.807, 2.05) is 25.1 Å². The summed E-state index contributed by atoms with van der Waals surface area (Å²) in [7, 11) is 1.60. The molecule has 0 spiro atoms. The van der Waals surface area contributed by atoms with E-state index in [1.165, 1.54) is 11.3 Å². The lowest BCUT2D eigenvalue weighted by Gasteiger charge is -2.05. The van der Waals surface area contributed by atoms with E-state index in [-0.39, 0.29) is 6.42 Å². The molecule has 0 fully saturated rings. The number of carboxylic acids is 1. The van der Waals surface area contributed by atoms with Gasteiger partial charge in [0.05, 0.1) is 19.2 Å². The summed E-state index contributed by atoms with van der Waals surface area (Å²) in [6.07, 6.45) is 0.734. The first-order chi connectivity index (χ1) is 10.1. The van der Waals surface area contributed by atoms with Crippen molar-refractivity contribution >= 4 is 17.3 Å². The highest BCUT2D eigenvalue weighted by Crippen LogP contribution is 2.23. The van der Waals surface area contributed by atoms with Crippen molar-refractivity contribution < 1.29 is 19.4 Å². The summed E-state index contributed by atoms with van der Waals surface area (Å²) in [6, 6.07) is 7.33. The Morgan fingerprint density at radius 2 is 2.14 bits per heavy atom. The first-order valence-electron chi connectivity index (χ1n) is 6.58. The van der Waals surface area contributed by atoms with Crippen LogP contribution in [0.25, 0.3) is 0 Å². The Balaban J connectivity index is 2.05. The van der Waals surface area contributed by atoms with E-state index < -0.39 is 5.97 Å². The molecule has 1 aromatic carbocycles. The molecule has 0 aliphatic rings. The SMILES string of the molecule is CCc1nc(COc2cccc(OC)c2)sc1CC(=O)O. The molecule has 1 N–H and O–H groups in total. The number of carbonyl (C=O) groups is 1. The summed E-state index contributed by atoms with van der Waals surface area (Å²) in [4.78, 5) is 16.1. The van der Waals surface area contributed by atoms with E-state index in [1.54, 1.807) is 13.2 Å². The van der Waals surface area contributed by atoms with Crippen LogP contribution in [0, 0.1) is 0 Å². The summed E-state index contributed by atoms with van der Waals surface area (Å²) < 4.78 is 10.8. The second-order valence-electron chi connectivity index (χ2n) is 4.37. The van der Waals surface area contributed by atoms with Gasteiger partial charge in [0.2, 0.25) is 0 Å². The second-order valence-corrected chi connectivity index (χ2v) is 5.54. The van der Waals surface area contributed by atoms with Gasteiger partial charge in [0.25, 0.3) is 0 Å². The van der Waals surface area contributed by atoms with E-state index >= 15 is 0 Å². The Bertz CT molecular complexity index is 624. The van der Waals surface area contributed by atoms with E-state index in [4.69, 9.17) is 14.6 Å². The minimum absolute atomic E-state index is 0.0139. The number of aromatic nitrogens is 1. The topological polar surface area (TPSA) is 68.7 Å². The van der Waals surface area contributed by atoms with Crippen LogP contribution in [-0.2, 0) is 24.2 Å². The van der Waals surface area contributed by atoms with Gasteiger partial charge in [-0.25, -0.2) is 4.98 Å². The number of aliphatic carboxylic acids is 1. The maximum Gasteiger partial charge on any atom is 0.308 e. The number of nitrogens with zero attached hydrogens (tertiary/aromatic N) is 1. The third kappa shape index (κ3) is 4.19. The number of thiazole rings is 1. The van der Waals surface area contributed by atoms with Gasteiger partial charge in [-0.05, 0) is 18.6 Å². The van der Waals surface area contributed by atoms with Crippen LogP contribution >= 0.6 is 11.3 Å². The highest BCUT2D eigenvalue weighted by Gasteiger charge is 2.13. The molecule has 0 amide bonds. The van der Waals surface area contributed by atoms with Crippen LogP contribution in [0.3, 0.4) is 0 Å². The molecule has 5 nitrogen and oxygen atoms in total. The molecular weight excluding hydrogens is 290 g/mol. The number of aryl methyl sites for hydroxylation is 1. The Morgan fingerprint density at radius 3 is 2.81 bits per heavy atom. The average molecular weight is 307 g/mol. The number of methoxy groups -OCH3 is 1. The molecule has 0 saturated carbocycles. The quantitative estimate of drug-likeness (QED) is 0.851. The van der Waals surface area contributed by atoms with Crippen LogP contribution in [0.1, 0.15) is 22.5 Å². The van der Waals surface area contributed by atoms with Crippen molar-refractivity contribution in [3.8, 4) is 11.5 Å². The highest BCUT2D eigenvalue weighted by atomic mass is 32.1. The van der Waals surface area contributed by atoms with Gasteiger partial charge in [0.15, 0.2) is 0 Å². The predicted molar refractivity (Wildman–Crippen MR) is 80.2 cm³/mol. The van der Waals surface area contributed by atoms with Crippen molar-refractivity contribution in [1.29, 1.82) is 0 Å². The van der Waals surface area contributed by atoms with Gasteiger partial charge in [-0.3, -0.25) is 4.79 Å². The van der Waals surface area contributed by atoms with Crippen LogP contribution in [0.2, 0.25) is 0 Å². The predicted octanol–water partition coefficient (Wildman–Crippen LogP) is 2.92. The summed E-state index contributed by atoms with van der Waals surface area (Å²) in [5.74, 6) is 0.587. The monoisotopic (exact) mass is 307 g/mol. The largest absolute Gasteiger partial charge is 0.497 e. The number of hydrogen-bond acceptors (Lipinski definition) is 5. The zero-order valence-electron chi connectivity index (χ0n) is 12.0. The van der Waals surface area contributed by atoms with E-state index in [2.05, 4.69) is 4.98 Å². The fourth-order valence-electron chi connectivity index (χ4n) is 1.89. The summed E-state index contributed by atoms with van der Waals surface area (Å²) in [5, 5.41) is 9.68. The van der Waals surface area contributed by atoms with Gasteiger partial charge in [-0.2, -0.15) is 0 Å². The fourth-order valence-corrected chi connectivity index (χ4v) is 2.95. The smallest absolute Gasteiger partial charge is 0.308 e. The van der Waals surface area contributed by atoms with Gasteiger partial charge in [-0.15, -0.1) is 11.3 Å². The molecule has 2 rings (SSSR count). The fraction of sp³-hybridized carbons (Fsp3) is 0.333. The Morgan fingerprint density at radius 1 is 1.38 bits per heavy atom. The molecule has 0 radical (unpaired) electrons. The molecule has 0 aliphatic heterocycles. The van der Waals surface area contributed by atoms with Crippen molar-refractivity contribution in [2.75, 3.05) is 7.11 Å². The van der Waals surface area contributed by atoms with E-state index in [0.717, 1.165) is 27.7 Å². The lowest BCUT2D eigenvalue weighted by molar-refractivity contribution is -0.136. The van der Waals surface area contributed by atoms with Crippen LogP contribution < -0.4 is 9.47 Å².